The first kappa shape index (κ1) is 13.7. The predicted molar refractivity (Wildman–Crippen MR) is 65.1 cm³/mol. The average Bonchev–Trinajstić information content (AvgIpc) is 2.33. The molecule has 1 nitrogen and oxygen atoms in total. The molecule has 0 heterocycles. The van der Waals surface area contributed by atoms with E-state index in [0.29, 0.717) is 17.7 Å². The second kappa shape index (κ2) is 5.48. The number of halogens is 5. The molecule has 6 heteroatoms. The second-order valence-electron chi connectivity index (χ2n) is 3.81. The van der Waals surface area contributed by atoms with Crippen LogP contribution in [-0.4, -0.2) is 0 Å². The Balaban J connectivity index is 2.22. The molecule has 0 bridgehead atoms. The van der Waals surface area contributed by atoms with Crippen LogP contribution in [0.15, 0.2) is 30.3 Å². The maximum Gasteiger partial charge on any atom is 0.152 e. The molecule has 1 N–H and O–H groups in total. The molecule has 2 rings (SSSR count). The summed E-state index contributed by atoms with van der Waals surface area (Å²) >= 11 is 5.70. The van der Waals surface area contributed by atoms with E-state index in [-0.39, 0.29) is 11.6 Å². The normalized spacial score (nSPS) is 10.6. The van der Waals surface area contributed by atoms with E-state index in [4.69, 9.17) is 11.6 Å². The van der Waals surface area contributed by atoms with Gasteiger partial charge in [-0.15, -0.1) is 0 Å². The van der Waals surface area contributed by atoms with Crippen molar-refractivity contribution in [3.8, 4) is 0 Å². The molecule has 2 aromatic rings. The summed E-state index contributed by atoms with van der Waals surface area (Å²) in [5, 5.41) is 2.30. The summed E-state index contributed by atoms with van der Waals surface area (Å²) in [5.74, 6) is -3.76. The molecule has 0 aromatic heterocycles. The summed E-state index contributed by atoms with van der Waals surface area (Å²) in [5.41, 5.74) is -0.147. The van der Waals surface area contributed by atoms with Crippen LogP contribution in [-0.2, 0) is 6.54 Å². The van der Waals surface area contributed by atoms with Crippen molar-refractivity contribution < 1.29 is 17.6 Å². The Morgan fingerprint density at radius 3 is 2.21 bits per heavy atom. The van der Waals surface area contributed by atoms with E-state index in [1.807, 2.05) is 0 Å². The zero-order valence-corrected chi connectivity index (χ0v) is 10.2. The predicted octanol–water partition coefficient (Wildman–Crippen LogP) is 4.51. The Kier molecular flexibility index (Phi) is 3.95. The topological polar surface area (TPSA) is 12.0 Å². The average molecular weight is 290 g/mol. The van der Waals surface area contributed by atoms with Gasteiger partial charge in [-0.2, -0.15) is 0 Å². The minimum Gasteiger partial charge on any atom is -0.376 e. The molecular weight excluding hydrogens is 282 g/mol. The van der Waals surface area contributed by atoms with Crippen molar-refractivity contribution in [3.63, 3.8) is 0 Å². The Morgan fingerprint density at radius 1 is 0.947 bits per heavy atom. The lowest BCUT2D eigenvalue weighted by atomic mass is 10.2. The van der Waals surface area contributed by atoms with E-state index in [1.54, 1.807) is 0 Å². The smallest absolute Gasteiger partial charge is 0.152 e. The molecule has 2 aromatic carbocycles. The van der Waals surface area contributed by atoms with Crippen molar-refractivity contribution in [3.05, 3.63) is 64.2 Å². The highest BCUT2D eigenvalue weighted by atomic mass is 35.5. The molecule has 100 valence electrons. The van der Waals surface area contributed by atoms with Gasteiger partial charge in [-0.3, -0.25) is 0 Å². The van der Waals surface area contributed by atoms with Gasteiger partial charge in [0.25, 0.3) is 0 Å². The van der Waals surface area contributed by atoms with Crippen LogP contribution in [0.1, 0.15) is 5.56 Å². The van der Waals surface area contributed by atoms with Crippen LogP contribution in [0.25, 0.3) is 0 Å². The van der Waals surface area contributed by atoms with Gasteiger partial charge in [0.1, 0.15) is 17.3 Å². The SMILES string of the molecule is Fc1cc(F)c(NCc2cccc(F)c2Cl)c(F)c1. The summed E-state index contributed by atoms with van der Waals surface area (Å²) in [6, 6.07) is 5.22. The van der Waals surface area contributed by atoms with Gasteiger partial charge in [0, 0.05) is 18.7 Å². The summed E-state index contributed by atoms with van der Waals surface area (Å²) < 4.78 is 52.6. The van der Waals surface area contributed by atoms with Crippen LogP contribution in [0.3, 0.4) is 0 Å². The van der Waals surface area contributed by atoms with Crippen LogP contribution < -0.4 is 5.32 Å². The molecule has 0 aliphatic rings. The fourth-order valence-electron chi connectivity index (χ4n) is 1.58. The summed E-state index contributed by atoms with van der Waals surface area (Å²) in [7, 11) is 0. The lowest BCUT2D eigenvalue weighted by Crippen LogP contribution is -2.05. The van der Waals surface area contributed by atoms with Crippen LogP contribution in [0, 0.1) is 23.3 Å². The van der Waals surface area contributed by atoms with E-state index < -0.39 is 29.0 Å². The third kappa shape index (κ3) is 2.98. The zero-order valence-electron chi connectivity index (χ0n) is 9.48. The van der Waals surface area contributed by atoms with E-state index in [2.05, 4.69) is 5.32 Å². The first-order valence-electron chi connectivity index (χ1n) is 5.30. The van der Waals surface area contributed by atoms with Crippen molar-refractivity contribution in [2.24, 2.45) is 0 Å². The number of hydrogen-bond donors (Lipinski definition) is 1. The largest absolute Gasteiger partial charge is 0.376 e. The van der Waals surface area contributed by atoms with E-state index >= 15 is 0 Å². The molecule has 0 unspecified atom stereocenters. The van der Waals surface area contributed by atoms with Crippen LogP contribution in [0.5, 0.6) is 0 Å². The quantitative estimate of drug-likeness (QED) is 0.820. The number of anilines is 1. The zero-order chi connectivity index (χ0) is 14.0. The monoisotopic (exact) mass is 289 g/mol. The van der Waals surface area contributed by atoms with Crippen molar-refractivity contribution in [2.75, 3.05) is 5.32 Å². The van der Waals surface area contributed by atoms with Crippen molar-refractivity contribution in [1.82, 2.24) is 0 Å². The van der Waals surface area contributed by atoms with Crippen LogP contribution >= 0.6 is 11.6 Å². The molecule has 0 radical (unpaired) electrons. The maximum atomic E-state index is 13.3. The first-order chi connectivity index (χ1) is 8.99. The fourth-order valence-corrected chi connectivity index (χ4v) is 1.77. The van der Waals surface area contributed by atoms with Gasteiger partial charge in [-0.25, -0.2) is 17.6 Å². The highest BCUT2D eigenvalue weighted by Gasteiger charge is 2.12. The summed E-state index contributed by atoms with van der Waals surface area (Å²) in [4.78, 5) is 0. The molecule has 0 amide bonds. The Labute approximate surface area is 111 Å². The van der Waals surface area contributed by atoms with E-state index in [9.17, 15) is 17.6 Å². The standard InChI is InChI=1S/C13H8ClF4N/c14-12-7(2-1-3-9(12)16)6-19-13-10(17)4-8(15)5-11(13)18/h1-5,19H,6H2. The van der Waals surface area contributed by atoms with Gasteiger partial charge in [0.2, 0.25) is 0 Å². The summed E-state index contributed by atoms with van der Waals surface area (Å²) in [6.45, 7) is -0.0872. The molecule has 0 atom stereocenters. The fraction of sp³-hybridized carbons (Fsp3) is 0.0769. The molecule has 0 saturated heterocycles. The van der Waals surface area contributed by atoms with Gasteiger partial charge < -0.3 is 5.32 Å². The Morgan fingerprint density at radius 2 is 1.58 bits per heavy atom. The van der Waals surface area contributed by atoms with Gasteiger partial charge in [-0.1, -0.05) is 23.7 Å². The highest BCUT2D eigenvalue weighted by Crippen LogP contribution is 2.24. The molecule has 0 fully saturated rings. The molecular formula is C13H8ClF4N. The Bertz CT molecular complexity index is 593. The highest BCUT2D eigenvalue weighted by molar-refractivity contribution is 6.31. The number of hydrogen-bond acceptors (Lipinski definition) is 1. The van der Waals surface area contributed by atoms with Crippen LogP contribution in [0.4, 0.5) is 23.2 Å². The number of rotatable bonds is 3. The summed E-state index contributed by atoms with van der Waals surface area (Å²) in [6.07, 6.45) is 0. The lowest BCUT2D eigenvalue weighted by molar-refractivity contribution is 0.547. The third-order valence-corrected chi connectivity index (χ3v) is 2.92. The molecule has 19 heavy (non-hydrogen) atoms. The van der Waals surface area contributed by atoms with Crippen molar-refractivity contribution in [2.45, 2.75) is 6.54 Å². The maximum absolute atomic E-state index is 13.3. The van der Waals surface area contributed by atoms with E-state index in [0.717, 1.165) is 0 Å². The van der Waals surface area contributed by atoms with Crippen molar-refractivity contribution >= 4 is 17.3 Å². The van der Waals surface area contributed by atoms with Crippen LogP contribution in [0.2, 0.25) is 5.02 Å². The minimum atomic E-state index is -1.06. The molecule has 0 aliphatic heterocycles. The number of nitrogens with one attached hydrogen (secondary N) is 1. The van der Waals surface area contributed by atoms with Gasteiger partial charge in [0.15, 0.2) is 11.6 Å². The number of benzene rings is 2. The first-order valence-corrected chi connectivity index (χ1v) is 5.68. The van der Waals surface area contributed by atoms with Gasteiger partial charge in [-0.05, 0) is 11.6 Å². The lowest BCUT2D eigenvalue weighted by Gasteiger charge is -2.10. The molecule has 0 aliphatic carbocycles. The van der Waals surface area contributed by atoms with E-state index in [1.165, 1.54) is 18.2 Å². The molecule has 0 saturated carbocycles. The van der Waals surface area contributed by atoms with Gasteiger partial charge in [0.05, 0.1) is 5.02 Å². The third-order valence-electron chi connectivity index (χ3n) is 2.49. The minimum absolute atomic E-state index is 0.0872. The van der Waals surface area contributed by atoms with Gasteiger partial charge >= 0.3 is 0 Å². The van der Waals surface area contributed by atoms with Crippen molar-refractivity contribution in [1.29, 1.82) is 0 Å². The second-order valence-corrected chi connectivity index (χ2v) is 4.19. The Hall–Kier alpha value is -1.75. The molecule has 0 spiro atoms.